The Labute approximate surface area is 193 Å². The van der Waals surface area contributed by atoms with Gasteiger partial charge in [-0.2, -0.15) is 0 Å². The Morgan fingerprint density at radius 2 is 1.55 bits per heavy atom. The molecule has 0 aliphatic heterocycles. The molecule has 0 aromatic carbocycles. The average Bonchev–Trinajstić information content (AvgIpc) is 2.67. The third-order valence-corrected chi connectivity index (χ3v) is 12.5. The molecular formula is C30H52O. The van der Waals surface area contributed by atoms with Gasteiger partial charge in [0.05, 0.1) is 6.10 Å². The van der Waals surface area contributed by atoms with Crippen molar-refractivity contribution in [1.29, 1.82) is 0 Å². The predicted octanol–water partition coefficient (Wildman–Crippen LogP) is 8.56. The van der Waals surface area contributed by atoms with Crippen LogP contribution in [0, 0.1) is 44.8 Å². The fourth-order valence-electron chi connectivity index (χ4n) is 10.1. The second kappa shape index (κ2) is 7.61. The summed E-state index contributed by atoms with van der Waals surface area (Å²) in [6, 6.07) is 0. The van der Waals surface area contributed by atoms with Gasteiger partial charge in [0, 0.05) is 0 Å². The van der Waals surface area contributed by atoms with Crippen molar-refractivity contribution in [2.75, 3.05) is 0 Å². The molecule has 4 saturated carbocycles. The number of allylic oxidation sites excluding steroid dienone is 2. The van der Waals surface area contributed by atoms with Crippen LogP contribution in [0.15, 0.2) is 11.6 Å². The molecule has 0 bridgehead atoms. The van der Waals surface area contributed by atoms with E-state index in [-0.39, 0.29) is 6.10 Å². The van der Waals surface area contributed by atoms with Crippen molar-refractivity contribution in [3.8, 4) is 0 Å². The fourth-order valence-corrected chi connectivity index (χ4v) is 10.1. The molecule has 0 spiro atoms. The molecule has 1 nitrogen and oxygen atoms in total. The van der Waals surface area contributed by atoms with Crippen molar-refractivity contribution in [2.24, 2.45) is 44.8 Å². The number of rotatable bonds is 3. The zero-order valence-electron chi connectivity index (χ0n) is 22.1. The van der Waals surface area contributed by atoms with E-state index in [2.05, 4.69) is 61.5 Å². The van der Waals surface area contributed by atoms with Gasteiger partial charge >= 0.3 is 0 Å². The lowest BCUT2D eigenvalue weighted by atomic mass is 9.33. The minimum absolute atomic E-state index is 0.0814. The van der Waals surface area contributed by atoms with Crippen LogP contribution < -0.4 is 0 Å². The molecule has 0 amide bonds. The van der Waals surface area contributed by atoms with E-state index in [1.807, 2.05) is 0 Å². The first-order valence-corrected chi connectivity index (χ1v) is 13.6. The number of hydrogen-bond acceptors (Lipinski definition) is 1. The lowest BCUT2D eigenvalue weighted by Gasteiger charge is -2.72. The maximum absolute atomic E-state index is 10.7. The van der Waals surface area contributed by atoms with Gasteiger partial charge in [0.2, 0.25) is 0 Å². The molecule has 0 radical (unpaired) electrons. The predicted molar refractivity (Wildman–Crippen MR) is 133 cm³/mol. The second-order valence-corrected chi connectivity index (χ2v) is 14.4. The summed E-state index contributed by atoms with van der Waals surface area (Å²) in [5.74, 6) is 2.11. The molecule has 9 atom stereocenters. The van der Waals surface area contributed by atoms with Crippen LogP contribution in [0.4, 0.5) is 0 Å². The standard InChI is InChI=1S/C30H52O/c1-21(2)10-9-14-26(4)16-19-30(8)25-13-15-28(6)22(3)23(31)11-12-24(28)29(25,7)18-17-27(30,5)20-26/h10,22-25,31H,9,11-20H2,1-8H3. The van der Waals surface area contributed by atoms with Crippen LogP contribution in [0.1, 0.15) is 126 Å². The quantitative estimate of drug-likeness (QED) is 0.446. The fraction of sp³-hybridized carbons (Fsp3) is 0.933. The van der Waals surface area contributed by atoms with Gasteiger partial charge in [0.25, 0.3) is 0 Å². The summed E-state index contributed by atoms with van der Waals surface area (Å²) >= 11 is 0. The topological polar surface area (TPSA) is 20.2 Å². The molecule has 0 aromatic heterocycles. The number of aliphatic hydroxyl groups is 1. The Kier molecular flexibility index (Phi) is 5.85. The third-order valence-electron chi connectivity index (χ3n) is 12.5. The van der Waals surface area contributed by atoms with Crippen molar-refractivity contribution in [1.82, 2.24) is 0 Å². The Hall–Kier alpha value is -0.300. The average molecular weight is 429 g/mol. The van der Waals surface area contributed by atoms with Crippen molar-refractivity contribution >= 4 is 0 Å². The Balaban J connectivity index is 1.60. The molecule has 4 rings (SSSR count). The van der Waals surface area contributed by atoms with E-state index < -0.39 is 0 Å². The van der Waals surface area contributed by atoms with E-state index in [0.29, 0.717) is 33.0 Å². The van der Waals surface area contributed by atoms with Crippen molar-refractivity contribution in [3.63, 3.8) is 0 Å². The molecule has 1 N–H and O–H groups in total. The maximum atomic E-state index is 10.7. The van der Waals surface area contributed by atoms with Gasteiger partial charge in [-0.3, -0.25) is 0 Å². The first-order chi connectivity index (χ1) is 14.3. The van der Waals surface area contributed by atoms with Gasteiger partial charge in [-0.05, 0) is 129 Å². The van der Waals surface area contributed by atoms with Gasteiger partial charge in [-0.15, -0.1) is 0 Å². The first-order valence-electron chi connectivity index (χ1n) is 13.6. The molecule has 178 valence electrons. The van der Waals surface area contributed by atoms with E-state index in [1.54, 1.807) is 0 Å². The summed E-state index contributed by atoms with van der Waals surface area (Å²) < 4.78 is 0. The van der Waals surface area contributed by atoms with Gasteiger partial charge in [0.1, 0.15) is 0 Å². The highest BCUT2D eigenvalue weighted by Crippen LogP contribution is 2.75. The summed E-state index contributed by atoms with van der Waals surface area (Å²) in [4.78, 5) is 0. The minimum atomic E-state index is -0.0814. The summed E-state index contributed by atoms with van der Waals surface area (Å²) in [6.45, 7) is 20.1. The van der Waals surface area contributed by atoms with Crippen LogP contribution in [0.3, 0.4) is 0 Å². The minimum Gasteiger partial charge on any atom is -0.393 e. The molecule has 4 fully saturated rings. The largest absolute Gasteiger partial charge is 0.393 e. The highest BCUT2D eigenvalue weighted by Gasteiger charge is 2.67. The van der Waals surface area contributed by atoms with Gasteiger partial charge in [0.15, 0.2) is 0 Å². The molecule has 4 aliphatic carbocycles. The van der Waals surface area contributed by atoms with Crippen LogP contribution in [0.5, 0.6) is 0 Å². The smallest absolute Gasteiger partial charge is 0.0571 e. The van der Waals surface area contributed by atoms with E-state index in [9.17, 15) is 5.11 Å². The SMILES string of the molecule is CC(C)=CCCC1(C)CCC2(C)C3CCC4(C)C(C)C(O)CCC4C3(C)CCC2(C)C1. The van der Waals surface area contributed by atoms with Crippen molar-refractivity contribution < 1.29 is 5.11 Å². The van der Waals surface area contributed by atoms with E-state index >= 15 is 0 Å². The molecule has 1 heteroatoms. The monoisotopic (exact) mass is 428 g/mol. The molecule has 31 heavy (non-hydrogen) atoms. The van der Waals surface area contributed by atoms with Crippen molar-refractivity contribution in [2.45, 2.75) is 132 Å². The van der Waals surface area contributed by atoms with Crippen LogP contribution >= 0.6 is 0 Å². The summed E-state index contributed by atoms with van der Waals surface area (Å²) in [5, 5.41) is 10.7. The Bertz CT molecular complexity index is 720. The molecule has 9 unspecified atom stereocenters. The summed E-state index contributed by atoms with van der Waals surface area (Å²) in [5.41, 5.74) is 3.76. The van der Waals surface area contributed by atoms with Crippen LogP contribution in [-0.2, 0) is 0 Å². The van der Waals surface area contributed by atoms with Crippen LogP contribution in [-0.4, -0.2) is 11.2 Å². The zero-order chi connectivity index (χ0) is 22.9. The first kappa shape index (κ1) is 23.8. The number of hydrogen-bond donors (Lipinski definition) is 1. The van der Waals surface area contributed by atoms with E-state index in [1.165, 1.54) is 69.8 Å². The molecule has 0 saturated heterocycles. The van der Waals surface area contributed by atoms with Gasteiger partial charge in [-0.25, -0.2) is 0 Å². The van der Waals surface area contributed by atoms with E-state index in [4.69, 9.17) is 0 Å². The highest BCUT2D eigenvalue weighted by molar-refractivity contribution is 5.17. The third kappa shape index (κ3) is 3.50. The zero-order valence-corrected chi connectivity index (χ0v) is 22.1. The molecule has 0 aromatic rings. The van der Waals surface area contributed by atoms with Crippen molar-refractivity contribution in [3.05, 3.63) is 11.6 Å². The number of fused-ring (bicyclic) bond motifs is 5. The molecule has 0 heterocycles. The van der Waals surface area contributed by atoms with Gasteiger partial charge in [-0.1, -0.05) is 53.2 Å². The Morgan fingerprint density at radius 3 is 2.23 bits per heavy atom. The summed E-state index contributed by atoms with van der Waals surface area (Å²) in [6.07, 6.45) is 17.1. The molecule has 4 aliphatic rings. The van der Waals surface area contributed by atoms with Crippen LogP contribution in [0.25, 0.3) is 0 Å². The van der Waals surface area contributed by atoms with Crippen LogP contribution in [0.2, 0.25) is 0 Å². The lowest BCUT2D eigenvalue weighted by molar-refractivity contribution is -0.235. The Morgan fingerprint density at radius 1 is 0.839 bits per heavy atom. The highest BCUT2D eigenvalue weighted by atomic mass is 16.3. The van der Waals surface area contributed by atoms with Gasteiger partial charge < -0.3 is 5.11 Å². The second-order valence-electron chi connectivity index (χ2n) is 14.4. The normalized spacial score (nSPS) is 54.4. The van der Waals surface area contributed by atoms with E-state index in [0.717, 1.165) is 18.3 Å². The number of aliphatic hydroxyl groups excluding tert-OH is 1. The lowest BCUT2D eigenvalue weighted by Crippen LogP contribution is -2.65. The maximum Gasteiger partial charge on any atom is 0.0571 e. The molecular weight excluding hydrogens is 376 g/mol. The summed E-state index contributed by atoms with van der Waals surface area (Å²) in [7, 11) is 0.